The number of aliphatic hydroxyl groups excluding tert-OH is 1. The molecule has 1 fully saturated rings. The monoisotopic (exact) mass is 344 g/mol. The molecule has 7 heteroatoms. The molecule has 0 aromatic heterocycles. The van der Waals surface area contributed by atoms with E-state index in [1.54, 1.807) is 25.5 Å². The van der Waals surface area contributed by atoms with Crippen molar-refractivity contribution in [1.29, 1.82) is 0 Å². The average Bonchev–Trinajstić information content (AvgIpc) is 2.58. The number of anilines is 2. The SMILES string of the molecule is CO/C=C\C1CN(c2ccc(NC[C@@H](O)CCl)cc2F)CCO1. The molecular formula is C16H22ClFN2O3. The van der Waals surface area contributed by atoms with Crippen LogP contribution in [0.3, 0.4) is 0 Å². The standard InChI is InChI=1S/C16H22ClFN2O3/c1-22-6-4-14-11-20(5-7-23-14)16-3-2-12(8-15(16)18)19-10-13(21)9-17/h2-4,6,8,13-14,19,21H,5,7,9-11H2,1H3/b6-4-/t13-,14?/m0/s1. The smallest absolute Gasteiger partial charge is 0.148 e. The molecule has 0 amide bonds. The predicted octanol–water partition coefficient (Wildman–Crippen LogP) is 2.20. The molecule has 23 heavy (non-hydrogen) atoms. The number of rotatable bonds is 7. The van der Waals surface area contributed by atoms with Gasteiger partial charge in [0.15, 0.2) is 0 Å². The highest BCUT2D eigenvalue weighted by Gasteiger charge is 2.21. The average molecular weight is 345 g/mol. The highest BCUT2D eigenvalue weighted by Crippen LogP contribution is 2.25. The molecule has 1 unspecified atom stereocenters. The normalized spacial score (nSPS) is 19.8. The summed E-state index contributed by atoms with van der Waals surface area (Å²) in [6.45, 7) is 2.00. The molecule has 0 radical (unpaired) electrons. The third-order valence-electron chi connectivity index (χ3n) is 3.53. The Morgan fingerprint density at radius 3 is 3.13 bits per heavy atom. The van der Waals surface area contributed by atoms with Crippen molar-refractivity contribution in [3.8, 4) is 0 Å². The van der Waals surface area contributed by atoms with Gasteiger partial charge in [-0.25, -0.2) is 4.39 Å². The molecule has 2 N–H and O–H groups in total. The van der Waals surface area contributed by atoms with Crippen molar-refractivity contribution >= 4 is 23.0 Å². The minimum absolute atomic E-state index is 0.125. The van der Waals surface area contributed by atoms with Crippen LogP contribution in [0.2, 0.25) is 0 Å². The zero-order valence-electron chi connectivity index (χ0n) is 13.0. The summed E-state index contributed by atoms with van der Waals surface area (Å²) in [5.74, 6) is -0.177. The minimum Gasteiger partial charge on any atom is -0.505 e. The molecule has 0 saturated carbocycles. The van der Waals surface area contributed by atoms with Crippen molar-refractivity contribution in [2.75, 3.05) is 49.4 Å². The van der Waals surface area contributed by atoms with Gasteiger partial charge in [-0.1, -0.05) is 0 Å². The second-order valence-electron chi connectivity index (χ2n) is 5.27. The van der Waals surface area contributed by atoms with Gasteiger partial charge in [-0.15, -0.1) is 11.6 Å². The van der Waals surface area contributed by atoms with Crippen LogP contribution in [-0.4, -0.2) is 56.5 Å². The van der Waals surface area contributed by atoms with Crippen LogP contribution in [0, 0.1) is 5.82 Å². The van der Waals surface area contributed by atoms with E-state index < -0.39 is 6.10 Å². The first kappa shape index (κ1) is 17.8. The number of hydrogen-bond acceptors (Lipinski definition) is 5. The molecule has 1 aromatic carbocycles. The summed E-state index contributed by atoms with van der Waals surface area (Å²) in [6.07, 6.45) is 2.60. The van der Waals surface area contributed by atoms with Gasteiger partial charge in [-0.2, -0.15) is 0 Å². The highest BCUT2D eigenvalue weighted by molar-refractivity contribution is 6.18. The van der Waals surface area contributed by atoms with Gasteiger partial charge in [0.05, 0.1) is 43.8 Å². The van der Waals surface area contributed by atoms with E-state index in [1.165, 1.54) is 6.07 Å². The molecule has 2 rings (SSSR count). The van der Waals surface area contributed by atoms with E-state index in [4.69, 9.17) is 21.1 Å². The lowest BCUT2D eigenvalue weighted by molar-refractivity contribution is 0.0698. The van der Waals surface area contributed by atoms with Crippen LogP contribution in [0.5, 0.6) is 0 Å². The molecule has 1 heterocycles. The fraction of sp³-hybridized carbons (Fsp3) is 0.500. The van der Waals surface area contributed by atoms with Crippen LogP contribution in [0.4, 0.5) is 15.8 Å². The molecule has 1 aliphatic heterocycles. The maximum atomic E-state index is 14.4. The number of halogens is 2. The lowest BCUT2D eigenvalue weighted by atomic mass is 10.2. The fourth-order valence-corrected chi connectivity index (χ4v) is 2.45. The Kier molecular flexibility index (Phi) is 6.95. The fourth-order valence-electron chi connectivity index (χ4n) is 2.34. The molecule has 5 nitrogen and oxygen atoms in total. The number of morpholine rings is 1. The van der Waals surface area contributed by atoms with Gasteiger partial charge in [-0.05, 0) is 24.3 Å². The van der Waals surface area contributed by atoms with E-state index in [2.05, 4.69) is 5.32 Å². The summed E-state index contributed by atoms with van der Waals surface area (Å²) in [6, 6.07) is 4.94. The Morgan fingerprint density at radius 2 is 2.43 bits per heavy atom. The molecule has 2 atom stereocenters. The van der Waals surface area contributed by atoms with E-state index in [0.717, 1.165) is 0 Å². The quantitative estimate of drug-likeness (QED) is 0.586. The van der Waals surface area contributed by atoms with Crippen LogP contribution >= 0.6 is 11.6 Å². The van der Waals surface area contributed by atoms with Gasteiger partial charge < -0.3 is 24.8 Å². The molecule has 0 aliphatic carbocycles. The van der Waals surface area contributed by atoms with Gasteiger partial charge in [0.1, 0.15) is 5.82 Å². The van der Waals surface area contributed by atoms with E-state index in [0.29, 0.717) is 31.1 Å². The third kappa shape index (κ3) is 5.27. The molecular weight excluding hydrogens is 323 g/mol. The minimum atomic E-state index is -0.660. The zero-order valence-corrected chi connectivity index (χ0v) is 13.8. The second kappa shape index (κ2) is 8.96. The van der Waals surface area contributed by atoms with Crippen LogP contribution in [0.25, 0.3) is 0 Å². The van der Waals surface area contributed by atoms with E-state index in [1.807, 2.05) is 11.0 Å². The number of nitrogens with zero attached hydrogens (tertiary/aromatic N) is 1. The number of methoxy groups -OCH3 is 1. The predicted molar refractivity (Wildman–Crippen MR) is 89.7 cm³/mol. The first-order valence-electron chi connectivity index (χ1n) is 7.47. The maximum Gasteiger partial charge on any atom is 0.148 e. The van der Waals surface area contributed by atoms with Crippen molar-refractivity contribution in [3.63, 3.8) is 0 Å². The zero-order chi connectivity index (χ0) is 16.7. The topological polar surface area (TPSA) is 54.0 Å². The van der Waals surface area contributed by atoms with Gasteiger partial charge in [0, 0.05) is 25.3 Å². The Labute approximate surface area is 140 Å². The van der Waals surface area contributed by atoms with Gasteiger partial charge in [0.2, 0.25) is 0 Å². The first-order chi connectivity index (χ1) is 11.1. The van der Waals surface area contributed by atoms with Gasteiger partial charge >= 0.3 is 0 Å². The van der Waals surface area contributed by atoms with Crippen molar-refractivity contribution in [3.05, 3.63) is 36.4 Å². The van der Waals surface area contributed by atoms with E-state index in [-0.39, 0.29) is 24.3 Å². The number of alkyl halides is 1. The van der Waals surface area contributed by atoms with Crippen LogP contribution in [0.15, 0.2) is 30.5 Å². The summed E-state index contributed by atoms with van der Waals surface area (Å²) in [5.41, 5.74) is 1.15. The molecule has 1 aromatic rings. The molecule has 0 bridgehead atoms. The molecule has 0 spiro atoms. The Balaban J connectivity index is 2.00. The van der Waals surface area contributed by atoms with Crippen molar-refractivity contribution < 1.29 is 19.0 Å². The third-order valence-corrected chi connectivity index (χ3v) is 3.89. The summed E-state index contributed by atoms with van der Waals surface area (Å²) in [4.78, 5) is 1.95. The molecule has 1 saturated heterocycles. The summed E-state index contributed by atoms with van der Waals surface area (Å²) < 4.78 is 24.8. The summed E-state index contributed by atoms with van der Waals surface area (Å²) in [7, 11) is 1.57. The molecule has 1 aliphatic rings. The summed E-state index contributed by atoms with van der Waals surface area (Å²) >= 11 is 5.53. The highest BCUT2D eigenvalue weighted by atomic mass is 35.5. The number of aliphatic hydroxyl groups is 1. The first-order valence-corrected chi connectivity index (χ1v) is 8.01. The number of nitrogens with one attached hydrogen (secondary N) is 1. The van der Waals surface area contributed by atoms with Crippen LogP contribution in [0.1, 0.15) is 0 Å². The summed E-state index contributed by atoms with van der Waals surface area (Å²) in [5, 5.41) is 12.4. The lowest BCUT2D eigenvalue weighted by Crippen LogP contribution is -2.42. The van der Waals surface area contributed by atoms with Crippen LogP contribution in [-0.2, 0) is 9.47 Å². The Bertz CT molecular complexity index is 530. The van der Waals surface area contributed by atoms with Crippen molar-refractivity contribution in [2.45, 2.75) is 12.2 Å². The number of benzene rings is 1. The van der Waals surface area contributed by atoms with Crippen molar-refractivity contribution in [1.82, 2.24) is 0 Å². The van der Waals surface area contributed by atoms with Crippen LogP contribution < -0.4 is 10.2 Å². The number of hydrogen-bond donors (Lipinski definition) is 2. The van der Waals surface area contributed by atoms with Crippen molar-refractivity contribution in [2.24, 2.45) is 0 Å². The largest absolute Gasteiger partial charge is 0.505 e. The maximum absolute atomic E-state index is 14.4. The van der Waals surface area contributed by atoms with Gasteiger partial charge in [0.25, 0.3) is 0 Å². The molecule has 128 valence electrons. The van der Waals surface area contributed by atoms with E-state index >= 15 is 0 Å². The second-order valence-corrected chi connectivity index (χ2v) is 5.58. The lowest BCUT2D eigenvalue weighted by Gasteiger charge is -2.33. The Hall–Kier alpha value is -1.50. The van der Waals surface area contributed by atoms with E-state index in [9.17, 15) is 9.50 Å². The number of ether oxygens (including phenoxy) is 2. The Morgan fingerprint density at radius 1 is 1.61 bits per heavy atom. The van der Waals surface area contributed by atoms with Gasteiger partial charge in [-0.3, -0.25) is 0 Å².